The van der Waals surface area contributed by atoms with Crippen LogP contribution in [0.3, 0.4) is 0 Å². The highest BCUT2D eigenvalue weighted by Crippen LogP contribution is 2.02. The predicted molar refractivity (Wildman–Crippen MR) is 83.1 cm³/mol. The summed E-state index contributed by atoms with van der Waals surface area (Å²) in [5.41, 5.74) is 0. The van der Waals surface area contributed by atoms with E-state index in [1.165, 1.54) is 0 Å². The summed E-state index contributed by atoms with van der Waals surface area (Å²) in [6.07, 6.45) is 0.919. The third-order valence-electron chi connectivity index (χ3n) is 3.30. The number of nitrogens with one attached hydrogen (secondary N) is 2. The zero-order valence-electron chi connectivity index (χ0n) is 13.3. The van der Waals surface area contributed by atoms with Gasteiger partial charge in [0.25, 0.3) is 0 Å². The molecule has 0 unspecified atom stereocenters. The molecule has 0 atom stereocenters. The van der Waals surface area contributed by atoms with Crippen molar-refractivity contribution in [2.75, 3.05) is 45.8 Å². The molecule has 7 nitrogen and oxygen atoms in total. The molecule has 0 bridgehead atoms. The summed E-state index contributed by atoms with van der Waals surface area (Å²) < 4.78 is 0. The molecular formula is C14H27N5O2. The van der Waals surface area contributed by atoms with Gasteiger partial charge >= 0.3 is 0 Å². The lowest BCUT2D eigenvalue weighted by atomic mass is 10.3. The molecule has 1 rings (SSSR count). The van der Waals surface area contributed by atoms with E-state index in [1.54, 1.807) is 6.92 Å². The fourth-order valence-corrected chi connectivity index (χ4v) is 2.13. The number of carbonyl (C=O) groups excluding carboxylic acids is 2. The van der Waals surface area contributed by atoms with E-state index in [0.717, 1.165) is 32.0 Å². The Morgan fingerprint density at radius 2 is 1.67 bits per heavy atom. The Balaban J connectivity index is 2.53. The highest BCUT2D eigenvalue weighted by molar-refractivity contribution is 5.85. The van der Waals surface area contributed by atoms with E-state index < -0.39 is 0 Å². The molecule has 1 fully saturated rings. The van der Waals surface area contributed by atoms with Crippen molar-refractivity contribution < 1.29 is 9.59 Å². The van der Waals surface area contributed by atoms with Crippen LogP contribution in [-0.4, -0.2) is 73.4 Å². The van der Waals surface area contributed by atoms with Gasteiger partial charge in [0.15, 0.2) is 5.96 Å². The molecule has 1 aliphatic rings. The largest absolute Gasteiger partial charge is 0.357 e. The van der Waals surface area contributed by atoms with Gasteiger partial charge in [-0.25, -0.2) is 4.99 Å². The first kappa shape index (κ1) is 17.3. The van der Waals surface area contributed by atoms with E-state index in [0.29, 0.717) is 19.6 Å². The first-order chi connectivity index (χ1) is 10.1. The lowest BCUT2D eigenvalue weighted by molar-refractivity contribution is -0.130. The van der Waals surface area contributed by atoms with Crippen LogP contribution >= 0.6 is 0 Å². The first-order valence-corrected chi connectivity index (χ1v) is 7.64. The molecule has 21 heavy (non-hydrogen) atoms. The van der Waals surface area contributed by atoms with Crippen LogP contribution in [-0.2, 0) is 9.59 Å². The van der Waals surface area contributed by atoms with Crippen molar-refractivity contribution in [2.24, 2.45) is 4.99 Å². The lowest BCUT2D eigenvalue weighted by Crippen LogP contribution is -2.53. The minimum Gasteiger partial charge on any atom is -0.357 e. The van der Waals surface area contributed by atoms with Crippen LogP contribution in [0.1, 0.15) is 27.2 Å². The van der Waals surface area contributed by atoms with Gasteiger partial charge in [-0.05, 0) is 13.3 Å². The van der Waals surface area contributed by atoms with Gasteiger partial charge in [-0.2, -0.15) is 0 Å². The molecular weight excluding hydrogens is 270 g/mol. The van der Waals surface area contributed by atoms with Crippen LogP contribution in [0.2, 0.25) is 0 Å². The quantitative estimate of drug-likeness (QED) is 0.537. The fourth-order valence-electron chi connectivity index (χ4n) is 2.13. The van der Waals surface area contributed by atoms with Crippen LogP contribution < -0.4 is 10.6 Å². The number of nitrogens with zero attached hydrogens (tertiary/aromatic N) is 3. The van der Waals surface area contributed by atoms with Crippen molar-refractivity contribution in [3.05, 3.63) is 0 Å². The van der Waals surface area contributed by atoms with E-state index in [9.17, 15) is 9.59 Å². The molecule has 0 aromatic heterocycles. The number of hydrogen-bond donors (Lipinski definition) is 2. The zero-order valence-corrected chi connectivity index (χ0v) is 13.3. The SMILES string of the molecule is CCCNC(=O)CN=C(NCC)N1CCN(C(C)=O)CC1. The van der Waals surface area contributed by atoms with Gasteiger partial charge in [0.2, 0.25) is 11.8 Å². The maximum absolute atomic E-state index is 11.6. The third-order valence-corrected chi connectivity index (χ3v) is 3.30. The second-order valence-corrected chi connectivity index (χ2v) is 5.01. The summed E-state index contributed by atoms with van der Waals surface area (Å²) in [5, 5.41) is 6.01. The van der Waals surface area contributed by atoms with Crippen LogP contribution in [0, 0.1) is 0 Å². The molecule has 120 valence electrons. The van der Waals surface area contributed by atoms with Crippen LogP contribution in [0.4, 0.5) is 0 Å². The predicted octanol–water partition coefficient (Wildman–Crippen LogP) is -0.358. The lowest BCUT2D eigenvalue weighted by Gasteiger charge is -2.36. The average Bonchev–Trinajstić information content (AvgIpc) is 2.49. The highest BCUT2D eigenvalue weighted by Gasteiger charge is 2.20. The summed E-state index contributed by atoms with van der Waals surface area (Å²) in [7, 11) is 0. The Bertz CT molecular complexity index is 376. The molecule has 0 spiro atoms. The maximum atomic E-state index is 11.6. The molecule has 1 saturated heterocycles. The molecule has 1 aliphatic heterocycles. The maximum Gasteiger partial charge on any atom is 0.241 e. The van der Waals surface area contributed by atoms with E-state index >= 15 is 0 Å². The Labute approximate surface area is 126 Å². The van der Waals surface area contributed by atoms with Crippen molar-refractivity contribution in [3.63, 3.8) is 0 Å². The molecule has 2 amide bonds. The summed E-state index contributed by atoms with van der Waals surface area (Å²) in [6.45, 7) is 10.0. The van der Waals surface area contributed by atoms with Crippen molar-refractivity contribution >= 4 is 17.8 Å². The molecule has 0 radical (unpaired) electrons. The summed E-state index contributed by atoms with van der Waals surface area (Å²) in [4.78, 5) is 31.2. The van der Waals surface area contributed by atoms with Crippen molar-refractivity contribution in [1.29, 1.82) is 0 Å². The van der Waals surface area contributed by atoms with Gasteiger partial charge in [0, 0.05) is 46.2 Å². The number of hydrogen-bond acceptors (Lipinski definition) is 3. The molecule has 2 N–H and O–H groups in total. The number of rotatable bonds is 5. The number of amides is 2. The molecule has 1 heterocycles. The molecule has 0 aromatic rings. The summed E-state index contributed by atoms with van der Waals surface area (Å²) in [5.74, 6) is 0.789. The van der Waals surface area contributed by atoms with Crippen LogP contribution in [0.5, 0.6) is 0 Å². The van der Waals surface area contributed by atoms with E-state index in [1.807, 2.05) is 18.7 Å². The van der Waals surface area contributed by atoms with E-state index in [2.05, 4.69) is 20.5 Å². The molecule has 0 aliphatic carbocycles. The summed E-state index contributed by atoms with van der Waals surface area (Å²) >= 11 is 0. The summed E-state index contributed by atoms with van der Waals surface area (Å²) in [6, 6.07) is 0. The first-order valence-electron chi connectivity index (χ1n) is 7.64. The minimum atomic E-state index is -0.0605. The van der Waals surface area contributed by atoms with Crippen LogP contribution in [0.25, 0.3) is 0 Å². The smallest absolute Gasteiger partial charge is 0.241 e. The number of piperazine rings is 1. The number of aliphatic imine (C=N–C) groups is 1. The normalized spacial score (nSPS) is 15.9. The second-order valence-electron chi connectivity index (χ2n) is 5.01. The second kappa shape index (κ2) is 9.20. The Kier molecular flexibility index (Phi) is 7.56. The number of carbonyl (C=O) groups is 2. The van der Waals surface area contributed by atoms with Gasteiger partial charge in [-0.15, -0.1) is 0 Å². The van der Waals surface area contributed by atoms with Gasteiger partial charge in [0.05, 0.1) is 0 Å². The van der Waals surface area contributed by atoms with Gasteiger partial charge < -0.3 is 20.4 Å². The fraction of sp³-hybridized carbons (Fsp3) is 0.786. The average molecular weight is 297 g/mol. The van der Waals surface area contributed by atoms with E-state index in [-0.39, 0.29) is 18.4 Å². The monoisotopic (exact) mass is 297 g/mol. The molecule has 0 aromatic carbocycles. The van der Waals surface area contributed by atoms with Crippen molar-refractivity contribution in [1.82, 2.24) is 20.4 Å². The van der Waals surface area contributed by atoms with Gasteiger partial charge in [-0.3, -0.25) is 9.59 Å². The highest BCUT2D eigenvalue weighted by atomic mass is 16.2. The minimum absolute atomic E-state index is 0.0605. The van der Waals surface area contributed by atoms with Gasteiger partial charge in [-0.1, -0.05) is 6.92 Å². The molecule has 7 heteroatoms. The van der Waals surface area contributed by atoms with Crippen molar-refractivity contribution in [2.45, 2.75) is 27.2 Å². The number of guanidine groups is 1. The van der Waals surface area contributed by atoms with Gasteiger partial charge in [0.1, 0.15) is 6.54 Å². The topological polar surface area (TPSA) is 77.0 Å². The van der Waals surface area contributed by atoms with Crippen LogP contribution in [0.15, 0.2) is 4.99 Å². The third kappa shape index (κ3) is 6.01. The molecule has 0 saturated carbocycles. The zero-order chi connectivity index (χ0) is 15.7. The standard InChI is InChI=1S/C14H27N5O2/c1-4-6-16-13(21)11-17-14(15-5-2)19-9-7-18(8-10-19)12(3)20/h4-11H2,1-3H3,(H,15,17)(H,16,21). The Morgan fingerprint density at radius 3 is 2.19 bits per heavy atom. The Morgan fingerprint density at radius 1 is 1.05 bits per heavy atom. The van der Waals surface area contributed by atoms with E-state index in [4.69, 9.17) is 0 Å². The Hall–Kier alpha value is -1.79. The van der Waals surface area contributed by atoms with Crippen molar-refractivity contribution in [3.8, 4) is 0 Å².